The first-order valence-electron chi connectivity index (χ1n) is 6.83. The largest absolute Gasteiger partial charge is 0.493 e. The van der Waals surface area contributed by atoms with Gasteiger partial charge in [-0.15, -0.1) is 0 Å². The Morgan fingerprint density at radius 3 is 2.32 bits per heavy atom. The summed E-state index contributed by atoms with van der Waals surface area (Å²) in [7, 11) is -0.354. The van der Waals surface area contributed by atoms with Gasteiger partial charge in [0.05, 0.1) is 19.1 Å². The van der Waals surface area contributed by atoms with E-state index in [1.165, 1.54) is 0 Å². The van der Waals surface area contributed by atoms with Crippen molar-refractivity contribution in [2.45, 2.75) is 11.3 Å². The number of hydrogen-bond donors (Lipinski definition) is 1. The van der Waals surface area contributed by atoms with E-state index >= 15 is 0 Å². The number of sulfonamides is 1. The van der Waals surface area contributed by atoms with Crippen LogP contribution in [0.4, 0.5) is 0 Å². The van der Waals surface area contributed by atoms with E-state index in [0.29, 0.717) is 17.9 Å². The van der Waals surface area contributed by atoms with Gasteiger partial charge in [0.2, 0.25) is 10.0 Å². The van der Waals surface area contributed by atoms with Crippen LogP contribution in [-0.2, 0) is 16.4 Å². The minimum absolute atomic E-state index is 0.257. The van der Waals surface area contributed by atoms with Crippen molar-refractivity contribution in [2.75, 3.05) is 20.8 Å². The Kier molecular flexibility index (Phi) is 5.41. The van der Waals surface area contributed by atoms with Gasteiger partial charge in [0, 0.05) is 6.54 Å². The van der Waals surface area contributed by atoms with Crippen LogP contribution in [0.3, 0.4) is 0 Å². The number of benzene rings is 2. The second-order valence-corrected chi connectivity index (χ2v) is 6.38. The lowest BCUT2D eigenvalue weighted by atomic mass is 10.1. The number of rotatable bonds is 7. The van der Waals surface area contributed by atoms with Gasteiger partial charge in [0.15, 0.2) is 11.5 Å². The third kappa shape index (κ3) is 3.78. The molecule has 0 fully saturated rings. The van der Waals surface area contributed by atoms with Crippen LogP contribution in [0.5, 0.6) is 11.5 Å². The molecule has 0 bridgehead atoms. The van der Waals surface area contributed by atoms with Crippen molar-refractivity contribution in [3.63, 3.8) is 0 Å². The molecule has 2 rings (SSSR count). The summed E-state index contributed by atoms with van der Waals surface area (Å²) in [4.78, 5) is 0.257. The van der Waals surface area contributed by atoms with Gasteiger partial charge in [-0.2, -0.15) is 0 Å². The quantitative estimate of drug-likeness (QED) is 0.849. The molecule has 0 amide bonds. The second kappa shape index (κ2) is 7.29. The summed E-state index contributed by atoms with van der Waals surface area (Å²) in [6, 6.07) is 13.8. The maximum absolute atomic E-state index is 12.1. The highest BCUT2D eigenvalue weighted by molar-refractivity contribution is 7.89. The van der Waals surface area contributed by atoms with Gasteiger partial charge in [-0.3, -0.25) is 0 Å². The van der Waals surface area contributed by atoms with E-state index in [1.54, 1.807) is 50.6 Å². The second-order valence-electron chi connectivity index (χ2n) is 4.61. The first-order chi connectivity index (χ1) is 10.6. The zero-order chi connectivity index (χ0) is 16.0. The highest BCUT2D eigenvalue weighted by Crippen LogP contribution is 2.30. The van der Waals surface area contributed by atoms with Crippen molar-refractivity contribution in [3.8, 4) is 11.5 Å². The molecule has 0 aliphatic rings. The smallest absolute Gasteiger partial charge is 0.240 e. The number of para-hydroxylation sites is 1. The van der Waals surface area contributed by atoms with E-state index in [4.69, 9.17) is 9.47 Å². The van der Waals surface area contributed by atoms with Crippen LogP contribution in [0.2, 0.25) is 0 Å². The summed E-state index contributed by atoms with van der Waals surface area (Å²) in [5.41, 5.74) is 0.887. The molecule has 2 aromatic rings. The van der Waals surface area contributed by atoms with Crippen molar-refractivity contribution >= 4 is 10.0 Å². The summed E-state index contributed by atoms with van der Waals surface area (Å²) >= 11 is 0. The van der Waals surface area contributed by atoms with E-state index < -0.39 is 10.0 Å². The summed E-state index contributed by atoms with van der Waals surface area (Å²) in [5.74, 6) is 1.26. The third-order valence-corrected chi connectivity index (χ3v) is 4.70. The molecular formula is C16H19NO4S. The normalized spacial score (nSPS) is 11.2. The molecule has 0 radical (unpaired) electrons. The van der Waals surface area contributed by atoms with E-state index in [0.717, 1.165) is 5.56 Å². The number of hydrogen-bond acceptors (Lipinski definition) is 4. The van der Waals surface area contributed by atoms with Gasteiger partial charge in [-0.05, 0) is 30.2 Å². The van der Waals surface area contributed by atoms with Gasteiger partial charge < -0.3 is 9.47 Å². The number of nitrogens with one attached hydrogen (secondary N) is 1. The van der Waals surface area contributed by atoms with Crippen LogP contribution < -0.4 is 14.2 Å². The van der Waals surface area contributed by atoms with Crippen LogP contribution >= 0.6 is 0 Å². The minimum Gasteiger partial charge on any atom is -0.493 e. The predicted molar refractivity (Wildman–Crippen MR) is 84.9 cm³/mol. The number of ether oxygens (including phenoxy) is 2. The summed E-state index contributed by atoms with van der Waals surface area (Å²) in [6.45, 7) is 0.279. The molecule has 0 saturated carbocycles. The maximum Gasteiger partial charge on any atom is 0.240 e. The van der Waals surface area contributed by atoms with Crippen molar-refractivity contribution in [3.05, 3.63) is 54.1 Å². The van der Waals surface area contributed by atoms with Crippen LogP contribution in [0.15, 0.2) is 53.4 Å². The Bertz CT molecular complexity index is 714. The first-order valence-corrected chi connectivity index (χ1v) is 8.31. The molecule has 22 heavy (non-hydrogen) atoms. The molecule has 118 valence electrons. The van der Waals surface area contributed by atoms with E-state index in [-0.39, 0.29) is 11.4 Å². The molecule has 0 unspecified atom stereocenters. The van der Waals surface area contributed by atoms with E-state index in [9.17, 15) is 8.42 Å². The lowest BCUT2D eigenvalue weighted by Crippen LogP contribution is -2.26. The average Bonchev–Trinajstić information content (AvgIpc) is 2.55. The minimum atomic E-state index is -3.49. The van der Waals surface area contributed by atoms with E-state index in [2.05, 4.69) is 4.72 Å². The zero-order valence-corrected chi connectivity index (χ0v) is 13.4. The van der Waals surface area contributed by atoms with Crippen LogP contribution in [0, 0.1) is 0 Å². The van der Waals surface area contributed by atoms with Gasteiger partial charge in [0.25, 0.3) is 0 Å². The highest BCUT2D eigenvalue weighted by atomic mass is 32.2. The van der Waals surface area contributed by atoms with Gasteiger partial charge >= 0.3 is 0 Å². The maximum atomic E-state index is 12.1. The van der Waals surface area contributed by atoms with Crippen LogP contribution in [-0.4, -0.2) is 29.2 Å². The molecule has 0 atom stereocenters. The molecule has 0 spiro atoms. The number of methoxy groups -OCH3 is 2. The molecule has 1 N–H and O–H groups in total. The standard InChI is InChI=1S/C16H19NO4S/c1-20-15-10-6-7-13(16(15)21-2)11-12-17-22(18,19)14-8-4-3-5-9-14/h3-10,17H,11-12H2,1-2H3. The molecule has 0 saturated heterocycles. The Labute approximate surface area is 130 Å². The molecule has 0 heterocycles. The van der Waals surface area contributed by atoms with Gasteiger partial charge in [0.1, 0.15) is 0 Å². The fourth-order valence-corrected chi connectivity index (χ4v) is 3.21. The third-order valence-electron chi connectivity index (χ3n) is 3.22. The molecule has 0 aliphatic heterocycles. The predicted octanol–water partition coefficient (Wildman–Crippen LogP) is 2.22. The van der Waals surface area contributed by atoms with Crippen LogP contribution in [0.1, 0.15) is 5.56 Å². The first kappa shape index (κ1) is 16.3. The SMILES string of the molecule is COc1cccc(CCNS(=O)(=O)c2ccccc2)c1OC. The van der Waals surface area contributed by atoms with Crippen molar-refractivity contribution < 1.29 is 17.9 Å². The topological polar surface area (TPSA) is 64.6 Å². The van der Waals surface area contributed by atoms with Gasteiger partial charge in [-0.25, -0.2) is 13.1 Å². The fourth-order valence-electron chi connectivity index (χ4n) is 2.15. The fraction of sp³-hybridized carbons (Fsp3) is 0.250. The molecule has 0 aromatic heterocycles. The highest BCUT2D eigenvalue weighted by Gasteiger charge is 2.14. The monoisotopic (exact) mass is 321 g/mol. The zero-order valence-electron chi connectivity index (χ0n) is 12.6. The summed E-state index contributed by atoms with van der Waals surface area (Å²) in [6.07, 6.45) is 0.506. The Hall–Kier alpha value is -2.05. The van der Waals surface area contributed by atoms with E-state index in [1.807, 2.05) is 12.1 Å². The molecule has 0 aliphatic carbocycles. The lowest BCUT2D eigenvalue weighted by Gasteiger charge is -2.13. The molecule has 6 heteroatoms. The molecule has 2 aromatic carbocycles. The van der Waals surface area contributed by atoms with Gasteiger partial charge in [-0.1, -0.05) is 30.3 Å². The Balaban J connectivity index is 2.06. The Morgan fingerprint density at radius 1 is 0.955 bits per heavy atom. The Morgan fingerprint density at radius 2 is 1.68 bits per heavy atom. The lowest BCUT2D eigenvalue weighted by molar-refractivity contribution is 0.351. The summed E-state index contributed by atoms with van der Waals surface area (Å²) < 4.78 is 37.4. The van der Waals surface area contributed by atoms with Crippen molar-refractivity contribution in [1.29, 1.82) is 0 Å². The summed E-state index contributed by atoms with van der Waals surface area (Å²) in [5, 5.41) is 0. The molecular weight excluding hydrogens is 302 g/mol. The van der Waals surface area contributed by atoms with Crippen LogP contribution in [0.25, 0.3) is 0 Å². The average molecular weight is 321 g/mol. The van der Waals surface area contributed by atoms with Crippen molar-refractivity contribution in [1.82, 2.24) is 4.72 Å². The molecule has 5 nitrogen and oxygen atoms in total. The van der Waals surface area contributed by atoms with Crippen molar-refractivity contribution in [2.24, 2.45) is 0 Å².